The minimum atomic E-state index is -3.59. The molecule has 1 atom stereocenters. The zero-order chi connectivity index (χ0) is 18.8. The molecular formula is C15H23N5O4S. The van der Waals surface area contributed by atoms with Crippen LogP contribution in [0.25, 0.3) is 11.0 Å². The Kier molecular flexibility index (Phi) is 5.63. The van der Waals surface area contributed by atoms with Crippen molar-refractivity contribution in [3.8, 4) is 0 Å². The Morgan fingerprint density at radius 1 is 1.32 bits per heavy atom. The number of rotatable bonds is 7. The van der Waals surface area contributed by atoms with Gasteiger partial charge in [-0.2, -0.15) is 0 Å². The summed E-state index contributed by atoms with van der Waals surface area (Å²) < 4.78 is 25.6. The molecule has 10 heteroatoms. The van der Waals surface area contributed by atoms with Crippen LogP contribution >= 0.6 is 0 Å². The van der Waals surface area contributed by atoms with Crippen molar-refractivity contribution in [1.29, 1.82) is 0 Å². The average molecular weight is 369 g/mol. The lowest BCUT2D eigenvalue weighted by Gasteiger charge is -2.17. The summed E-state index contributed by atoms with van der Waals surface area (Å²) in [5.74, 6) is 0.0110. The monoisotopic (exact) mass is 369 g/mol. The van der Waals surface area contributed by atoms with Crippen molar-refractivity contribution in [2.24, 2.45) is 5.92 Å². The number of sulfonamides is 1. The number of amides is 1. The molecule has 25 heavy (non-hydrogen) atoms. The van der Waals surface area contributed by atoms with E-state index in [9.17, 15) is 13.2 Å². The average Bonchev–Trinajstić information content (AvgIpc) is 2.94. The van der Waals surface area contributed by atoms with Gasteiger partial charge in [-0.15, -0.1) is 5.10 Å². The Bertz CT molecular complexity index is 860. The summed E-state index contributed by atoms with van der Waals surface area (Å²) in [6.45, 7) is 5.67. The van der Waals surface area contributed by atoms with Gasteiger partial charge < -0.3 is 10.2 Å². The summed E-state index contributed by atoms with van der Waals surface area (Å²) in [4.78, 5) is 18.4. The van der Waals surface area contributed by atoms with E-state index in [4.69, 9.17) is 4.84 Å². The van der Waals surface area contributed by atoms with Gasteiger partial charge in [0, 0.05) is 20.1 Å². The van der Waals surface area contributed by atoms with E-state index in [1.54, 1.807) is 6.07 Å². The maximum atomic E-state index is 12.2. The Morgan fingerprint density at radius 2 is 2.00 bits per heavy atom. The van der Waals surface area contributed by atoms with Crippen LogP contribution in [0.1, 0.15) is 20.8 Å². The van der Waals surface area contributed by atoms with Crippen LogP contribution in [0, 0.1) is 5.92 Å². The second-order valence-corrected chi connectivity index (χ2v) is 8.43. The Labute approximate surface area is 146 Å². The van der Waals surface area contributed by atoms with Crippen molar-refractivity contribution >= 4 is 27.0 Å². The zero-order valence-corrected chi connectivity index (χ0v) is 15.7. The van der Waals surface area contributed by atoms with Crippen molar-refractivity contribution in [2.75, 3.05) is 20.7 Å². The van der Waals surface area contributed by atoms with Crippen molar-refractivity contribution in [3.63, 3.8) is 0 Å². The molecule has 0 aliphatic rings. The first-order valence-electron chi connectivity index (χ1n) is 7.83. The quantitative estimate of drug-likeness (QED) is 0.751. The lowest BCUT2D eigenvalue weighted by atomic mass is 10.1. The minimum absolute atomic E-state index is 0.0143. The third kappa shape index (κ3) is 4.26. The molecule has 1 unspecified atom stereocenters. The lowest BCUT2D eigenvalue weighted by Crippen LogP contribution is -2.40. The minimum Gasteiger partial charge on any atom is -0.385 e. The van der Waals surface area contributed by atoms with Crippen LogP contribution in [0.3, 0.4) is 0 Å². The third-order valence-corrected chi connectivity index (χ3v) is 5.68. The summed E-state index contributed by atoms with van der Waals surface area (Å²) in [5.41, 5.74) is 0.835. The number of benzene rings is 1. The molecule has 0 aliphatic heterocycles. The second-order valence-electron chi connectivity index (χ2n) is 6.27. The fourth-order valence-corrected chi connectivity index (χ4v) is 2.85. The molecule has 0 radical (unpaired) electrons. The third-order valence-electron chi connectivity index (χ3n) is 3.87. The molecule has 0 aliphatic carbocycles. The molecule has 1 heterocycles. The van der Waals surface area contributed by atoms with Gasteiger partial charge in [0.25, 0.3) is 5.91 Å². The van der Waals surface area contributed by atoms with Gasteiger partial charge in [-0.25, -0.2) is 12.7 Å². The molecule has 1 aromatic carbocycles. The molecule has 2 aromatic rings. The summed E-state index contributed by atoms with van der Waals surface area (Å²) in [6.07, 6.45) is 0. The number of carbonyl (C=O) groups excluding carboxylic acids is 1. The van der Waals surface area contributed by atoms with E-state index in [1.807, 2.05) is 20.8 Å². The molecule has 0 saturated carbocycles. The second kappa shape index (κ2) is 7.36. The number of carbonyl (C=O) groups is 1. The molecule has 2 rings (SSSR count). The smallest absolute Gasteiger partial charge is 0.260 e. The molecule has 9 nitrogen and oxygen atoms in total. The van der Waals surface area contributed by atoms with Crippen molar-refractivity contribution in [1.82, 2.24) is 24.8 Å². The molecule has 1 N–H and O–H groups in total. The largest absolute Gasteiger partial charge is 0.385 e. The van der Waals surface area contributed by atoms with E-state index in [0.29, 0.717) is 17.0 Å². The summed E-state index contributed by atoms with van der Waals surface area (Å²) in [7, 11) is -0.690. The van der Waals surface area contributed by atoms with Crippen LogP contribution in [0.15, 0.2) is 23.1 Å². The van der Waals surface area contributed by atoms with Crippen LogP contribution < -0.4 is 10.2 Å². The first kappa shape index (κ1) is 19.1. The Hall–Kier alpha value is -2.20. The molecule has 0 spiro atoms. The van der Waals surface area contributed by atoms with E-state index < -0.39 is 10.0 Å². The Balaban J connectivity index is 2.18. The van der Waals surface area contributed by atoms with E-state index in [0.717, 1.165) is 9.15 Å². The van der Waals surface area contributed by atoms with E-state index >= 15 is 0 Å². The number of hydrogen-bond donors (Lipinski definition) is 1. The van der Waals surface area contributed by atoms with E-state index in [1.165, 1.54) is 26.2 Å². The summed E-state index contributed by atoms with van der Waals surface area (Å²) in [5, 5.41) is 10.5. The number of nitrogens with zero attached hydrogens (tertiary/aromatic N) is 4. The number of nitrogens with one attached hydrogen (secondary N) is 1. The van der Waals surface area contributed by atoms with Gasteiger partial charge >= 0.3 is 0 Å². The normalized spacial score (nSPS) is 13.4. The van der Waals surface area contributed by atoms with Crippen LogP contribution in [0.5, 0.6) is 0 Å². The number of hydrogen-bond acceptors (Lipinski definition) is 6. The SMILES string of the molecule is CC(C)C(C)NC(=O)COn1nnc2ccc(S(=O)(=O)N(C)C)cc21. The van der Waals surface area contributed by atoms with Gasteiger partial charge in [0.1, 0.15) is 11.0 Å². The number of aromatic nitrogens is 3. The highest BCUT2D eigenvalue weighted by Gasteiger charge is 2.19. The van der Waals surface area contributed by atoms with Crippen molar-refractivity contribution in [3.05, 3.63) is 18.2 Å². The maximum Gasteiger partial charge on any atom is 0.260 e. The highest BCUT2D eigenvalue weighted by Crippen LogP contribution is 2.18. The van der Waals surface area contributed by atoms with Gasteiger partial charge in [-0.3, -0.25) is 4.79 Å². The van der Waals surface area contributed by atoms with Gasteiger partial charge in [0.05, 0.1) is 4.90 Å². The molecule has 0 fully saturated rings. The standard InChI is InChI=1S/C15H23N5O4S/c1-10(2)11(3)16-15(21)9-24-20-14-8-12(25(22,23)19(4)5)6-7-13(14)17-18-20/h6-8,10-11H,9H2,1-5H3,(H,16,21). The molecule has 0 saturated heterocycles. The fraction of sp³-hybridized carbons (Fsp3) is 0.533. The highest BCUT2D eigenvalue weighted by molar-refractivity contribution is 7.89. The molecule has 0 bridgehead atoms. The van der Waals surface area contributed by atoms with Crippen LogP contribution in [0.2, 0.25) is 0 Å². The van der Waals surface area contributed by atoms with Crippen LogP contribution in [0.4, 0.5) is 0 Å². The van der Waals surface area contributed by atoms with E-state index in [-0.39, 0.29) is 23.5 Å². The van der Waals surface area contributed by atoms with Crippen LogP contribution in [-0.4, -0.2) is 60.5 Å². The first-order valence-corrected chi connectivity index (χ1v) is 9.27. The van der Waals surface area contributed by atoms with Gasteiger partial charge in [0.15, 0.2) is 6.61 Å². The molecule has 138 valence electrons. The molecular weight excluding hydrogens is 346 g/mol. The van der Waals surface area contributed by atoms with Gasteiger partial charge in [0.2, 0.25) is 10.0 Å². The lowest BCUT2D eigenvalue weighted by molar-refractivity contribution is -0.127. The van der Waals surface area contributed by atoms with Gasteiger partial charge in [-0.05, 0) is 36.3 Å². The van der Waals surface area contributed by atoms with Crippen molar-refractivity contribution < 1.29 is 18.0 Å². The van der Waals surface area contributed by atoms with E-state index in [2.05, 4.69) is 15.6 Å². The Morgan fingerprint density at radius 3 is 2.60 bits per heavy atom. The number of fused-ring (bicyclic) bond motifs is 1. The highest BCUT2D eigenvalue weighted by atomic mass is 32.2. The predicted molar refractivity (Wildman–Crippen MR) is 92.3 cm³/mol. The molecule has 1 aromatic heterocycles. The van der Waals surface area contributed by atoms with Crippen molar-refractivity contribution in [2.45, 2.75) is 31.7 Å². The summed E-state index contributed by atoms with van der Waals surface area (Å²) in [6, 6.07) is 4.42. The predicted octanol–water partition coefficient (Wildman–Crippen LogP) is 0.271. The maximum absolute atomic E-state index is 12.2. The van der Waals surface area contributed by atoms with Gasteiger partial charge in [-0.1, -0.05) is 18.7 Å². The van der Waals surface area contributed by atoms with Crippen LogP contribution in [-0.2, 0) is 14.8 Å². The summed E-state index contributed by atoms with van der Waals surface area (Å²) >= 11 is 0. The fourth-order valence-electron chi connectivity index (χ4n) is 1.93. The first-order chi connectivity index (χ1) is 11.6. The zero-order valence-electron chi connectivity index (χ0n) is 14.9. The topological polar surface area (TPSA) is 106 Å². The molecule has 1 amide bonds.